The predicted octanol–water partition coefficient (Wildman–Crippen LogP) is -0.550. The molecule has 5 nitrogen and oxygen atoms in total. The topological polar surface area (TPSA) is 95.9 Å². The van der Waals surface area contributed by atoms with E-state index in [-0.39, 0.29) is 12.0 Å². The molecule has 1 saturated heterocycles. The fourth-order valence-electron chi connectivity index (χ4n) is 2.61. The number of rotatable bonds is 3. The molecule has 2 aliphatic rings. The molecule has 0 aromatic heterocycles. The molecule has 0 amide bonds. The summed E-state index contributed by atoms with van der Waals surface area (Å²) in [5, 5.41) is 29.6. The molecule has 0 radical (unpaired) electrons. The number of aliphatic hydroxyl groups is 3. The van der Waals surface area contributed by atoms with E-state index in [0.717, 1.165) is 12.8 Å². The minimum atomic E-state index is -1.21. The third-order valence-electron chi connectivity index (χ3n) is 3.76. The Balaban J connectivity index is 2.08. The number of thioether (sulfide) groups is 1. The van der Waals surface area contributed by atoms with Crippen LogP contribution in [0, 0.1) is 5.92 Å². The number of hydrogen-bond donors (Lipinski definition) is 4. The van der Waals surface area contributed by atoms with Crippen molar-refractivity contribution in [1.29, 1.82) is 0 Å². The Labute approximate surface area is 111 Å². The second-order valence-corrected chi connectivity index (χ2v) is 5.86. The predicted molar refractivity (Wildman–Crippen MR) is 70.0 cm³/mol. The average molecular weight is 275 g/mol. The van der Waals surface area contributed by atoms with Gasteiger partial charge < -0.3 is 25.8 Å². The zero-order chi connectivity index (χ0) is 13.3. The van der Waals surface area contributed by atoms with Gasteiger partial charge in [-0.25, -0.2) is 0 Å². The monoisotopic (exact) mass is 275 g/mol. The Morgan fingerprint density at radius 3 is 2.56 bits per heavy atom. The van der Waals surface area contributed by atoms with E-state index in [1.165, 1.54) is 11.8 Å². The van der Waals surface area contributed by atoms with Crippen molar-refractivity contribution in [2.45, 2.75) is 48.7 Å². The quantitative estimate of drug-likeness (QED) is 0.516. The standard InChI is InChI=1S/C12H21NO4S/c1-18-12-10(16)8(14)9(15)11(17-12)7(13)6-4-2-3-5-6/h2,4,6-12,14-16H,3,5,13H2,1H3. The van der Waals surface area contributed by atoms with Gasteiger partial charge in [0.2, 0.25) is 0 Å². The maximum Gasteiger partial charge on any atom is 0.132 e. The molecule has 104 valence electrons. The van der Waals surface area contributed by atoms with Crippen molar-refractivity contribution in [2.24, 2.45) is 11.7 Å². The molecule has 0 aromatic carbocycles. The summed E-state index contributed by atoms with van der Waals surface area (Å²) in [6.45, 7) is 0. The first-order valence-corrected chi connectivity index (χ1v) is 7.49. The number of allylic oxidation sites excluding steroid dienone is 1. The van der Waals surface area contributed by atoms with Crippen LogP contribution < -0.4 is 5.73 Å². The molecule has 7 atom stereocenters. The molecule has 1 aliphatic carbocycles. The van der Waals surface area contributed by atoms with Gasteiger partial charge in [-0.2, -0.15) is 0 Å². The second kappa shape index (κ2) is 5.90. The first kappa shape index (κ1) is 14.3. The summed E-state index contributed by atoms with van der Waals surface area (Å²) in [5.41, 5.74) is 5.58. The first-order valence-electron chi connectivity index (χ1n) is 6.21. The highest BCUT2D eigenvalue weighted by Gasteiger charge is 2.46. The summed E-state index contributed by atoms with van der Waals surface area (Å²) in [6, 6.07) is -0.365. The third-order valence-corrected chi connectivity index (χ3v) is 4.62. The SMILES string of the molecule is CSC1OC(C(N)C2C=CCC2)C(O)C(O)C1O. The highest BCUT2D eigenvalue weighted by molar-refractivity contribution is 7.99. The molecule has 0 aromatic rings. The van der Waals surface area contributed by atoms with Crippen LogP contribution in [0.15, 0.2) is 12.2 Å². The van der Waals surface area contributed by atoms with Crippen LogP contribution in [-0.2, 0) is 4.74 Å². The van der Waals surface area contributed by atoms with Crippen molar-refractivity contribution < 1.29 is 20.1 Å². The molecule has 0 bridgehead atoms. The molecule has 1 fully saturated rings. The number of hydrogen-bond acceptors (Lipinski definition) is 6. The van der Waals surface area contributed by atoms with Gasteiger partial charge in [-0.05, 0) is 25.0 Å². The van der Waals surface area contributed by atoms with Crippen molar-refractivity contribution in [3.8, 4) is 0 Å². The van der Waals surface area contributed by atoms with Crippen LogP contribution in [0.3, 0.4) is 0 Å². The minimum Gasteiger partial charge on any atom is -0.388 e. The van der Waals surface area contributed by atoms with E-state index in [2.05, 4.69) is 6.08 Å². The molecule has 5 N–H and O–H groups in total. The van der Waals surface area contributed by atoms with Crippen LogP contribution in [0.5, 0.6) is 0 Å². The molecule has 1 aliphatic heterocycles. The van der Waals surface area contributed by atoms with E-state index in [1.54, 1.807) is 6.26 Å². The Hall–Kier alpha value is -0.110. The number of aliphatic hydroxyl groups excluding tert-OH is 3. The lowest BCUT2D eigenvalue weighted by Gasteiger charge is -2.43. The molecular formula is C12H21NO4S. The van der Waals surface area contributed by atoms with Gasteiger partial charge in [0, 0.05) is 6.04 Å². The van der Waals surface area contributed by atoms with E-state index in [4.69, 9.17) is 10.5 Å². The fourth-order valence-corrected chi connectivity index (χ4v) is 3.29. The average Bonchev–Trinajstić information content (AvgIpc) is 2.89. The minimum absolute atomic E-state index is 0.162. The Morgan fingerprint density at radius 2 is 2.00 bits per heavy atom. The van der Waals surface area contributed by atoms with Gasteiger partial charge in [-0.1, -0.05) is 12.2 Å². The Bertz CT molecular complexity index is 312. The summed E-state index contributed by atoms with van der Waals surface area (Å²) >= 11 is 1.31. The summed E-state index contributed by atoms with van der Waals surface area (Å²) < 4.78 is 5.65. The van der Waals surface area contributed by atoms with Crippen LogP contribution >= 0.6 is 11.8 Å². The van der Waals surface area contributed by atoms with E-state index in [0.29, 0.717) is 0 Å². The van der Waals surface area contributed by atoms with Gasteiger partial charge in [-0.3, -0.25) is 0 Å². The molecular weight excluding hydrogens is 254 g/mol. The summed E-state index contributed by atoms with van der Waals surface area (Å²) in [7, 11) is 0. The van der Waals surface area contributed by atoms with Crippen molar-refractivity contribution in [1.82, 2.24) is 0 Å². The second-order valence-electron chi connectivity index (χ2n) is 4.92. The molecule has 6 heteroatoms. The van der Waals surface area contributed by atoms with E-state index >= 15 is 0 Å². The van der Waals surface area contributed by atoms with Crippen molar-refractivity contribution in [3.05, 3.63) is 12.2 Å². The normalized spacial score (nSPS) is 46.3. The van der Waals surface area contributed by atoms with Crippen LogP contribution in [-0.4, -0.2) is 57.5 Å². The number of nitrogens with two attached hydrogens (primary N) is 1. The lowest BCUT2D eigenvalue weighted by molar-refractivity contribution is -0.204. The van der Waals surface area contributed by atoms with Gasteiger partial charge in [0.25, 0.3) is 0 Å². The van der Waals surface area contributed by atoms with Crippen LogP contribution in [0.1, 0.15) is 12.8 Å². The highest BCUT2D eigenvalue weighted by Crippen LogP contribution is 2.32. The Morgan fingerprint density at radius 1 is 1.28 bits per heavy atom. The molecule has 0 spiro atoms. The lowest BCUT2D eigenvalue weighted by Crippen LogP contribution is -2.62. The Kier molecular flexibility index (Phi) is 4.69. The van der Waals surface area contributed by atoms with Crippen molar-refractivity contribution in [3.63, 3.8) is 0 Å². The van der Waals surface area contributed by atoms with Crippen LogP contribution in [0.25, 0.3) is 0 Å². The maximum atomic E-state index is 10.0. The smallest absolute Gasteiger partial charge is 0.132 e. The first-order chi connectivity index (χ1) is 8.56. The van der Waals surface area contributed by atoms with Gasteiger partial charge in [0.1, 0.15) is 29.9 Å². The van der Waals surface area contributed by atoms with Crippen LogP contribution in [0.2, 0.25) is 0 Å². The highest BCUT2D eigenvalue weighted by atomic mass is 32.2. The zero-order valence-electron chi connectivity index (χ0n) is 10.3. The van der Waals surface area contributed by atoms with Gasteiger partial charge in [0.05, 0.1) is 0 Å². The lowest BCUT2D eigenvalue weighted by atomic mass is 9.87. The molecule has 2 rings (SSSR count). The largest absolute Gasteiger partial charge is 0.388 e. The molecule has 7 unspecified atom stereocenters. The molecule has 1 heterocycles. The van der Waals surface area contributed by atoms with Gasteiger partial charge in [0.15, 0.2) is 0 Å². The zero-order valence-corrected chi connectivity index (χ0v) is 11.2. The van der Waals surface area contributed by atoms with Crippen LogP contribution in [0.4, 0.5) is 0 Å². The fraction of sp³-hybridized carbons (Fsp3) is 0.833. The van der Waals surface area contributed by atoms with E-state index < -0.39 is 29.9 Å². The summed E-state index contributed by atoms with van der Waals surface area (Å²) in [5.74, 6) is 0.162. The van der Waals surface area contributed by atoms with Crippen molar-refractivity contribution >= 4 is 11.8 Å². The molecule has 0 saturated carbocycles. The van der Waals surface area contributed by atoms with Gasteiger partial charge in [-0.15, -0.1) is 11.8 Å². The maximum absolute atomic E-state index is 10.0. The van der Waals surface area contributed by atoms with E-state index in [1.807, 2.05) is 6.08 Å². The summed E-state index contributed by atoms with van der Waals surface area (Å²) in [6.07, 6.45) is 3.73. The number of ether oxygens (including phenoxy) is 1. The third kappa shape index (κ3) is 2.59. The van der Waals surface area contributed by atoms with Crippen molar-refractivity contribution in [2.75, 3.05) is 6.26 Å². The molecule has 18 heavy (non-hydrogen) atoms. The van der Waals surface area contributed by atoms with E-state index in [9.17, 15) is 15.3 Å². The van der Waals surface area contributed by atoms with Gasteiger partial charge >= 0.3 is 0 Å². The summed E-state index contributed by atoms with van der Waals surface area (Å²) in [4.78, 5) is 0.